The van der Waals surface area contributed by atoms with E-state index in [-0.39, 0.29) is 0 Å². The van der Waals surface area contributed by atoms with Gasteiger partial charge < -0.3 is 24.3 Å². The fourth-order valence-electron chi connectivity index (χ4n) is 1.98. The highest BCUT2D eigenvalue weighted by atomic mass is 16.5. The zero-order valence-corrected chi connectivity index (χ0v) is 13.1. The lowest BCUT2D eigenvalue weighted by atomic mass is 10.2. The van der Waals surface area contributed by atoms with Gasteiger partial charge in [0.05, 0.1) is 21.3 Å². The first-order valence-electron chi connectivity index (χ1n) is 6.99. The van der Waals surface area contributed by atoms with Crippen LogP contribution in [0, 0.1) is 0 Å². The summed E-state index contributed by atoms with van der Waals surface area (Å²) in [7, 11) is 4.88. The van der Waals surface area contributed by atoms with E-state index in [1.807, 2.05) is 42.5 Å². The maximum absolute atomic E-state index is 5.65. The van der Waals surface area contributed by atoms with Crippen molar-refractivity contribution in [2.24, 2.45) is 0 Å². The smallest absolute Gasteiger partial charge is 0.162 e. The Hall–Kier alpha value is -2.56. The summed E-state index contributed by atoms with van der Waals surface area (Å²) < 4.78 is 21.2. The van der Waals surface area contributed by atoms with E-state index < -0.39 is 0 Å². The van der Waals surface area contributed by atoms with Crippen molar-refractivity contribution >= 4 is 5.69 Å². The predicted molar refractivity (Wildman–Crippen MR) is 86.5 cm³/mol. The second-order valence-corrected chi connectivity index (χ2v) is 4.52. The van der Waals surface area contributed by atoms with Crippen molar-refractivity contribution in [3.63, 3.8) is 0 Å². The minimum absolute atomic E-state index is 0.556. The number of anilines is 1. The Morgan fingerprint density at radius 3 is 2.09 bits per heavy atom. The van der Waals surface area contributed by atoms with Crippen LogP contribution in [0.3, 0.4) is 0 Å². The van der Waals surface area contributed by atoms with Crippen LogP contribution in [0.4, 0.5) is 5.69 Å². The van der Waals surface area contributed by atoms with Gasteiger partial charge in [-0.3, -0.25) is 0 Å². The summed E-state index contributed by atoms with van der Waals surface area (Å²) in [6, 6.07) is 13.2. The third-order valence-electron chi connectivity index (χ3n) is 3.14. The molecule has 0 spiro atoms. The van der Waals surface area contributed by atoms with Crippen LogP contribution in [0.5, 0.6) is 23.0 Å². The van der Waals surface area contributed by atoms with Crippen LogP contribution in [0.25, 0.3) is 0 Å². The van der Waals surface area contributed by atoms with E-state index in [9.17, 15) is 0 Å². The van der Waals surface area contributed by atoms with Crippen LogP contribution in [-0.2, 0) is 0 Å². The number of hydrogen-bond acceptors (Lipinski definition) is 5. The van der Waals surface area contributed by atoms with E-state index in [2.05, 4.69) is 5.32 Å². The number of rotatable bonds is 8. The zero-order valence-electron chi connectivity index (χ0n) is 13.1. The Bertz CT molecular complexity index is 584. The molecule has 0 aliphatic heterocycles. The topological polar surface area (TPSA) is 49.0 Å². The minimum Gasteiger partial charge on any atom is -0.497 e. The van der Waals surface area contributed by atoms with Crippen molar-refractivity contribution in [3.05, 3.63) is 42.5 Å². The van der Waals surface area contributed by atoms with Gasteiger partial charge in [0.1, 0.15) is 18.1 Å². The Morgan fingerprint density at radius 1 is 0.773 bits per heavy atom. The molecule has 118 valence electrons. The van der Waals surface area contributed by atoms with Gasteiger partial charge in [-0.2, -0.15) is 0 Å². The van der Waals surface area contributed by atoms with E-state index in [4.69, 9.17) is 18.9 Å². The van der Waals surface area contributed by atoms with E-state index in [0.717, 1.165) is 17.2 Å². The summed E-state index contributed by atoms with van der Waals surface area (Å²) in [5, 5.41) is 3.28. The lowest BCUT2D eigenvalue weighted by Crippen LogP contribution is -2.11. The largest absolute Gasteiger partial charge is 0.497 e. The molecule has 2 aromatic rings. The molecular weight excluding hydrogens is 282 g/mol. The zero-order chi connectivity index (χ0) is 15.8. The molecule has 0 amide bonds. The molecule has 0 bridgehead atoms. The predicted octanol–water partition coefficient (Wildman–Crippen LogP) is 3.20. The summed E-state index contributed by atoms with van der Waals surface area (Å²) in [4.78, 5) is 0. The van der Waals surface area contributed by atoms with E-state index in [1.54, 1.807) is 21.3 Å². The molecule has 5 heteroatoms. The van der Waals surface area contributed by atoms with Gasteiger partial charge in [-0.1, -0.05) is 0 Å². The van der Waals surface area contributed by atoms with Crippen LogP contribution in [0.15, 0.2) is 42.5 Å². The average molecular weight is 303 g/mol. The molecule has 0 saturated heterocycles. The molecule has 1 N–H and O–H groups in total. The summed E-state index contributed by atoms with van der Waals surface area (Å²) in [6.45, 7) is 1.24. The molecule has 0 heterocycles. The second kappa shape index (κ2) is 8.02. The molecule has 0 radical (unpaired) electrons. The van der Waals surface area contributed by atoms with E-state index in [1.165, 1.54) is 0 Å². The molecule has 0 saturated carbocycles. The molecule has 0 aliphatic carbocycles. The van der Waals surface area contributed by atoms with Gasteiger partial charge in [0.15, 0.2) is 11.5 Å². The number of nitrogens with one attached hydrogen (secondary N) is 1. The third-order valence-corrected chi connectivity index (χ3v) is 3.14. The Morgan fingerprint density at radius 2 is 1.45 bits per heavy atom. The van der Waals surface area contributed by atoms with Crippen molar-refractivity contribution in [1.29, 1.82) is 0 Å². The van der Waals surface area contributed by atoms with Crippen molar-refractivity contribution in [1.82, 2.24) is 0 Å². The highest BCUT2D eigenvalue weighted by molar-refractivity contribution is 5.54. The molecule has 22 heavy (non-hydrogen) atoms. The van der Waals surface area contributed by atoms with Gasteiger partial charge >= 0.3 is 0 Å². The van der Waals surface area contributed by atoms with Crippen molar-refractivity contribution in [2.75, 3.05) is 39.8 Å². The highest BCUT2D eigenvalue weighted by Gasteiger charge is 2.04. The van der Waals surface area contributed by atoms with Crippen molar-refractivity contribution in [3.8, 4) is 23.0 Å². The van der Waals surface area contributed by atoms with Gasteiger partial charge in [0.2, 0.25) is 0 Å². The summed E-state index contributed by atoms with van der Waals surface area (Å²) in [5.41, 5.74) is 0.955. The SMILES string of the molecule is COc1ccc(OCCNc2ccc(OC)c(OC)c2)cc1. The fourth-order valence-corrected chi connectivity index (χ4v) is 1.98. The first kappa shape index (κ1) is 15.8. The summed E-state index contributed by atoms with van der Waals surface area (Å²) >= 11 is 0. The Labute approximate surface area is 130 Å². The molecular formula is C17H21NO4. The van der Waals surface area contributed by atoms with E-state index in [0.29, 0.717) is 24.7 Å². The van der Waals surface area contributed by atoms with Crippen LogP contribution in [0.2, 0.25) is 0 Å². The van der Waals surface area contributed by atoms with Crippen molar-refractivity contribution in [2.45, 2.75) is 0 Å². The fraction of sp³-hybridized carbons (Fsp3) is 0.294. The van der Waals surface area contributed by atoms with Gasteiger partial charge in [-0.15, -0.1) is 0 Å². The standard InChI is InChI=1S/C17H21NO4/c1-19-14-5-7-15(8-6-14)22-11-10-18-13-4-9-16(20-2)17(12-13)21-3/h4-9,12,18H,10-11H2,1-3H3. The molecule has 0 fully saturated rings. The normalized spacial score (nSPS) is 9.95. The summed E-state index contributed by atoms with van der Waals surface area (Å²) in [6.07, 6.45) is 0. The average Bonchev–Trinajstić information content (AvgIpc) is 2.59. The van der Waals surface area contributed by atoms with Gasteiger partial charge in [0.25, 0.3) is 0 Å². The first-order chi connectivity index (χ1) is 10.8. The van der Waals surface area contributed by atoms with Gasteiger partial charge in [0, 0.05) is 18.3 Å². The minimum atomic E-state index is 0.556. The Kier molecular flexibility index (Phi) is 5.77. The van der Waals surface area contributed by atoms with E-state index >= 15 is 0 Å². The number of hydrogen-bond donors (Lipinski definition) is 1. The molecule has 2 rings (SSSR count). The third kappa shape index (κ3) is 4.22. The maximum atomic E-state index is 5.65. The number of methoxy groups -OCH3 is 3. The van der Waals surface area contributed by atoms with Crippen LogP contribution >= 0.6 is 0 Å². The monoisotopic (exact) mass is 303 g/mol. The molecule has 0 atom stereocenters. The second-order valence-electron chi connectivity index (χ2n) is 4.52. The summed E-state index contributed by atoms with van der Waals surface area (Å²) in [5.74, 6) is 3.04. The van der Waals surface area contributed by atoms with Crippen LogP contribution in [-0.4, -0.2) is 34.5 Å². The molecule has 2 aromatic carbocycles. The van der Waals surface area contributed by atoms with Gasteiger partial charge in [-0.25, -0.2) is 0 Å². The lowest BCUT2D eigenvalue weighted by Gasteiger charge is -2.12. The highest BCUT2D eigenvalue weighted by Crippen LogP contribution is 2.29. The van der Waals surface area contributed by atoms with Gasteiger partial charge in [-0.05, 0) is 36.4 Å². The lowest BCUT2D eigenvalue weighted by molar-refractivity contribution is 0.331. The Balaban J connectivity index is 1.80. The molecule has 0 aromatic heterocycles. The molecule has 5 nitrogen and oxygen atoms in total. The quantitative estimate of drug-likeness (QED) is 0.759. The molecule has 0 unspecified atom stereocenters. The molecule has 0 aliphatic rings. The van der Waals surface area contributed by atoms with Crippen LogP contribution in [0.1, 0.15) is 0 Å². The van der Waals surface area contributed by atoms with Crippen LogP contribution < -0.4 is 24.3 Å². The number of benzene rings is 2. The maximum Gasteiger partial charge on any atom is 0.162 e. The first-order valence-corrected chi connectivity index (χ1v) is 6.99. The number of ether oxygens (including phenoxy) is 4. The van der Waals surface area contributed by atoms with Crippen molar-refractivity contribution < 1.29 is 18.9 Å².